The van der Waals surface area contributed by atoms with E-state index in [1.807, 2.05) is 7.05 Å². The van der Waals surface area contributed by atoms with Crippen LogP contribution in [0.5, 0.6) is 0 Å². The molecule has 0 aromatic carbocycles. The van der Waals surface area contributed by atoms with Gasteiger partial charge in [-0.1, -0.05) is 13.8 Å². The minimum absolute atomic E-state index is 0.681. The fourth-order valence-electron chi connectivity index (χ4n) is 1.64. The van der Waals surface area contributed by atoms with Gasteiger partial charge in [0.2, 0.25) is 5.95 Å². The molecule has 4 nitrogen and oxygen atoms in total. The Kier molecular flexibility index (Phi) is 3.78. The van der Waals surface area contributed by atoms with Crippen molar-refractivity contribution in [3.63, 3.8) is 0 Å². The molecule has 0 fully saturated rings. The van der Waals surface area contributed by atoms with Crippen molar-refractivity contribution in [1.29, 1.82) is 0 Å². The molecule has 0 spiro atoms. The zero-order valence-corrected chi connectivity index (χ0v) is 11.3. The maximum Gasteiger partial charge on any atom is 0.225 e. The van der Waals surface area contributed by atoms with E-state index in [-0.39, 0.29) is 0 Å². The van der Waals surface area contributed by atoms with E-state index in [0.29, 0.717) is 5.95 Å². The highest BCUT2D eigenvalue weighted by Gasteiger charge is 2.10. The monoisotopic (exact) mass is 250 g/mol. The number of aromatic nitrogens is 2. The van der Waals surface area contributed by atoms with E-state index >= 15 is 0 Å². The number of aryl methyl sites for hydroxylation is 1. The maximum atomic E-state index is 4.49. The Morgan fingerprint density at radius 3 is 2.76 bits per heavy atom. The van der Waals surface area contributed by atoms with E-state index in [2.05, 4.69) is 40.5 Å². The topological polar surface area (TPSA) is 49.8 Å². The highest BCUT2D eigenvalue weighted by atomic mass is 32.1. The third-order valence-corrected chi connectivity index (χ3v) is 3.73. The molecule has 0 saturated heterocycles. The molecule has 0 radical (unpaired) electrons. The molecule has 0 atom stereocenters. The molecule has 5 heteroatoms. The Bertz CT molecular complexity index is 506. The van der Waals surface area contributed by atoms with Crippen molar-refractivity contribution in [2.24, 2.45) is 0 Å². The van der Waals surface area contributed by atoms with Gasteiger partial charge in [-0.15, -0.1) is 11.3 Å². The fraction of sp³-hybridized carbons (Fsp3) is 0.500. The summed E-state index contributed by atoms with van der Waals surface area (Å²) in [5.74, 6) is 1.62. The van der Waals surface area contributed by atoms with E-state index in [9.17, 15) is 0 Å². The van der Waals surface area contributed by atoms with Crippen LogP contribution in [0.1, 0.15) is 25.1 Å². The van der Waals surface area contributed by atoms with Crippen LogP contribution in [0, 0.1) is 0 Å². The van der Waals surface area contributed by atoms with E-state index in [1.165, 1.54) is 4.88 Å². The number of anilines is 2. The van der Waals surface area contributed by atoms with Crippen molar-refractivity contribution < 1.29 is 0 Å². The highest BCUT2D eigenvalue weighted by molar-refractivity contribution is 7.18. The summed E-state index contributed by atoms with van der Waals surface area (Å²) in [5.41, 5.74) is 0. The molecule has 0 aliphatic rings. The molecule has 0 saturated carbocycles. The van der Waals surface area contributed by atoms with Crippen molar-refractivity contribution in [3.05, 3.63) is 10.9 Å². The first-order valence-electron chi connectivity index (χ1n) is 6.00. The van der Waals surface area contributed by atoms with Crippen LogP contribution in [0.4, 0.5) is 11.8 Å². The third-order valence-electron chi connectivity index (χ3n) is 2.56. The highest BCUT2D eigenvalue weighted by Crippen LogP contribution is 2.30. The van der Waals surface area contributed by atoms with E-state index in [1.54, 1.807) is 11.3 Å². The van der Waals surface area contributed by atoms with Gasteiger partial charge in [-0.25, -0.2) is 4.98 Å². The number of rotatable bonds is 5. The van der Waals surface area contributed by atoms with Crippen LogP contribution in [0.15, 0.2) is 6.07 Å². The first kappa shape index (κ1) is 12.1. The van der Waals surface area contributed by atoms with Crippen molar-refractivity contribution in [1.82, 2.24) is 9.97 Å². The average Bonchev–Trinajstić information content (AvgIpc) is 2.78. The van der Waals surface area contributed by atoms with E-state index in [4.69, 9.17) is 0 Å². The average molecular weight is 250 g/mol. The quantitative estimate of drug-likeness (QED) is 0.856. The standard InChI is InChI=1S/C12H18N4S/c1-4-6-14-10-9-7-8(5-2)17-11(9)16-12(13-3)15-10/h7H,4-6H2,1-3H3,(H2,13,14,15,16). The summed E-state index contributed by atoms with van der Waals surface area (Å²) in [6.07, 6.45) is 2.13. The number of nitrogens with one attached hydrogen (secondary N) is 2. The molecule has 2 rings (SSSR count). The van der Waals surface area contributed by atoms with Crippen LogP contribution in [0.2, 0.25) is 0 Å². The summed E-state index contributed by atoms with van der Waals surface area (Å²) in [6, 6.07) is 2.19. The van der Waals surface area contributed by atoms with Crippen LogP contribution in [-0.4, -0.2) is 23.6 Å². The van der Waals surface area contributed by atoms with Gasteiger partial charge in [0.1, 0.15) is 10.6 Å². The summed E-state index contributed by atoms with van der Waals surface area (Å²) < 4.78 is 0. The van der Waals surface area contributed by atoms with Crippen LogP contribution in [0.3, 0.4) is 0 Å². The molecular formula is C12H18N4S. The van der Waals surface area contributed by atoms with Gasteiger partial charge < -0.3 is 10.6 Å². The van der Waals surface area contributed by atoms with Gasteiger partial charge in [0.05, 0.1) is 5.39 Å². The number of hydrogen-bond donors (Lipinski definition) is 2. The smallest absolute Gasteiger partial charge is 0.225 e. The molecule has 2 heterocycles. The molecule has 0 aliphatic carbocycles. The Morgan fingerprint density at radius 1 is 1.29 bits per heavy atom. The molecule has 2 aromatic heterocycles. The largest absolute Gasteiger partial charge is 0.369 e. The normalized spacial score (nSPS) is 10.8. The lowest BCUT2D eigenvalue weighted by molar-refractivity contribution is 0.970. The van der Waals surface area contributed by atoms with Gasteiger partial charge in [0.15, 0.2) is 0 Å². The minimum Gasteiger partial charge on any atom is -0.369 e. The zero-order chi connectivity index (χ0) is 12.3. The first-order valence-corrected chi connectivity index (χ1v) is 6.82. The second kappa shape index (κ2) is 5.31. The predicted molar refractivity (Wildman–Crippen MR) is 75.1 cm³/mol. The van der Waals surface area contributed by atoms with Gasteiger partial charge in [-0.2, -0.15) is 4.98 Å². The first-order chi connectivity index (χ1) is 8.28. The molecule has 0 amide bonds. The predicted octanol–water partition coefficient (Wildman–Crippen LogP) is 3.12. The van der Waals surface area contributed by atoms with Gasteiger partial charge >= 0.3 is 0 Å². The lowest BCUT2D eigenvalue weighted by Crippen LogP contribution is -2.05. The van der Waals surface area contributed by atoms with Crippen molar-refractivity contribution in [3.8, 4) is 0 Å². The summed E-state index contributed by atoms with van der Waals surface area (Å²) in [5, 5.41) is 7.51. The summed E-state index contributed by atoms with van der Waals surface area (Å²) in [7, 11) is 1.85. The SMILES string of the molecule is CCCNc1nc(NC)nc2sc(CC)cc12. The number of nitrogens with zero attached hydrogens (tertiary/aromatic N) is 2. The summed E-state index contributed by atoms with van der Waals surface area (Å²) >= 11 is 1.74. The molecule has 92 valence electrons. The Labute approximate surface area is 105 Å². The number of fused-ring (bicyclic) bond motifs is 1. The fourth-order valence-corrected chi connectivity index (χ4v) is 2.60. The Balaban J connectivity index is 2.48. The third kappa shape index (κ3) is 2.49. The van der Waals surface area contributed by atoms with Crippen molar-refractivity contribution in [2.75, 3.05) is 24.2 Å². The van der Waals surface area contributed by atoms with Crippen LogP contribution in [-0.2, 0) is 6.42 Å². The van der Waals surface area contributed by atoms with Crippen molar-refractivity contribution in [2.45, 2.75) is 26.7 Å². The summed E-state index contributed by atoms with van der Waals surface area (Å²) in [6.45, 7) is 5.25. The van der Waals surface area contributed by atoms with E-state index < -0.39 is 0 Å². The van der Waals surface area contributed by atoms with Crippen LogP contribution < -0.4 is 10.6 Å². The zero-order valence-electron chi connectivity index (χ0n) is 10.5. The lowest BCUT2D eigenvalue weighted by Gasteiger charge is -2.06. The molecule has 0 bridgehead atoms. The molecular weight excluding hydrogens is 232 g/mol. The van der Waals surface area contributed by atoms with Gasteiger partial charge in [0, 0.05) is 18.5 Å². The van der Waals surface area contributed by atoms with Gasteiger partial charge in [0.25, 0.3) is 0 Å². The summed E-state index contributed by atoms with van der Waals surface area (Å²) in [4.78, 5) is 11.4. The maximum absolute atomic E-state index is 4.49. The van der Waals surface area contributed by atoms with Crippen LogP contribution in [0.25, 0.3) is 10.2 Å². The number of thiophene rings is 1. The lowest BCUT2D eigenvalue weighted by atomic mass is 10.3. The van der Waals surface area contributed by atoms with Gasteiger partial charge in [-0.05, 0) is 18.9 Å². The van der Waals surface area contributed by atoms with Gasteiger partial charge in [-0.3, -0.25) is 0 Å². The molecule has 2 N–H and O–H groups in total. The molecule has 17 heavy (non-hydrogen) atoms. The van der Waals surface area contributed by atoms with E-state index in [0.717, 1.165) is 35.4 Å². The molecule has 2 aromatic rings. The van der Waals surface area contributed by atoms with Crippen LogP contribution >= 0.6 is 11.3 Å². The number of hydrogen-bond acceptors (Lipinski definition) is 5. The minimum atomic E-state index is 0.681. The molecule has 0 unspecified atom stereocenters. The second-order valence-corrected chi connectivity index (χ2v) is 4.97. The van der Waals surface area contributed by atoms with Crippen molar-refractivity contribution >= 4 is 33.3 Å². The Hall–Kier alpha value is -1.36. The second-order valence-electron chi connectivity index (χ2n) is 3.86. The Morgan fingerprint density at radius 2 is 2.12 bits per heavy atom. The molecule has 0 aliphatic heterocycles.